The summed E-state index contributed by atoms with van der Waals surface area (Å²) < 4.78 is 0. The van der Waals surface area contributed by atoms with E-state index in [0.717, 1.165) is 48.0 Å². The minimum absolute atomic E-state index is 0. The van der Waals surface area contributed by atoms with Gasteiger partial charge in [-0.15, -0.1) is 23.7 Å². The maximum Gasteiger partial charge on any atom is 0.280 e. The number of H-pyrrole nitrogens is 1. The molecule has 0 saturated heterocycles. The zero-order valence-corrected chi connectivity index (χ0v) is 20.4. The normalized spacial score (nSPS) is 18.4. The third-order valence-corrected chi connectivity index (χ3v) is 6.66. The van der Waals surface area contributed by atoms with Gasteiger partial charge in [-0.05, 0) is 51.2 Å². The average Bonchev–Trinajstić information content (AvgIpc) is 3.35. The average molecular weight is 496 g/mol. The van der Waals surface area contributed by atoms with E-state index in [0.29, 0.717) is 15.7 Å². The van der Waals surface area contributed by atoms with E-state index in [9.17, 15) is 9.59 Å². The molecule has 3 N–H and O–H groups in total. The number of nitrogens with zero attached hydrogens (tertiary/aromatic N) is 2. The largest absolute Gasteiger partial charge is 0.351 e. The molecule has 0 aliphatic heterocycles. The Morgan fingerprint density at radius 1 is 1.16 bits per heavy atom. The number of aromatic nitrogens is 2. The van der Waals surface area contributed by atoms with Crippen molar-refractivity contribution in [1.29, 1.82) is 0 Å². The molecule has 2 atom stereocenters. The highest BCUT2D eigenvalue weighted by Crippen LogP contribution is 2.23. The van der Waals surface area contributed by atoms with Crippen molar-refractivity contribution in [2.75, 3.05) is 14.1 Å². The van der Waals surface area contributed by atoms with Gasteiger partial charge < -0.3 is 20.5 Å². The van der Waals surface area contributed by atoms with Gasteiger partial charge in [0.25, 0.3) is 11.8 Å². The summed E-state index contributed by atoms with van der Waals surface area (Å²) in [6.45, 7) is 0.753. The molecular formula is C22H27Cl2N5O2S. The first-order valence-electron chi connectivity index (χ1n) is 10.4. The Balaban J connectivity index is 0.00000289. The maximum absolute atomic E-state index is 12.9. The van der Waals surface area contributed by atoms with E-state index < -0.39 is 0 Å². The van der Waals surface area contributed by atoms with Gasteiger partial charge in [-0.1, -0.05) is 24.4 Å². The predicted molar refractivity (Wildman–Crippen MR) is 131 cm³/mol. The third kappa shape index (κ3) is 5.81. The number of rotatable bonds is 6. The summed E-state index contributed by atoms with van der Waals surface area (Å²) in [6.07, 6.45) is 5.44. The number of hydrogen-bond acceptors (Lipinski definition) is 5. The van der Waals surface area contributed by atoms with Gasteiger partial charge in [0.1, 0.15) is 5.69 Å². The molecule has 1 saturated carbocycles. The van der Waals surface area contributed by atoms with Gasteiger partial charge in [0, 0.05) is 45.6 Å². The molecule has 0 radical (unpaired) electrons. The van der Waals surface area contributed by atoms with Crippen LogP contribution in [0.5, 0.6) is 0 Å². The zero-order chi connectivity index (χ0) is 22.0. The zero-order valence-electron chi connectivity index (χ0n) is 18.0. The van der Waals surface area contributed by atoms with Crippen molar-refractivity contribution in [3.8, 4) is 0 Å². The molecule has 32 heavy (non-hydrogen) atoms. The Hall–Kier alpha value is -2.13. The third-order valence-electron chi connectivity index (χ3n) is 5.45. The second-order valence-corrected chi connectivity index (χ2v) is 9.78. The fourth-order valence-electron chi connectivity index (χ4n) is 3.98. The van der Waals surface area contributed by atoms with Crippen molar-refractivity contribution >= 4 is 58.1 Å². The maximum atomic E-state index is 12.9. The summed E-state index contributed by atoms with van der Waals surface area (Å²) in [7, 11) is 3.97. The summed E-state index contributed by atoms with van der Waals surface area (Å²) in [6, 6.07) is 7.03. The molecule has 1 aliphatic carbocycles. The number of amides is 2. The summed E-state index contributed by atoms with van der Waals surface area (Å²) in [5.74, 6) is -0.359. The molecule has 10 heteroatoms. The highest BCUT2D eigenvalue weighted by Gasteiger charge is 2.29. The number of thiazole rings is 1. The van der Waals surface area contributed by atoms with Gasteiger partial charge in [0.15, 0.2) is 5.01 Å². The first-order valence-corrected chi connectivity index (χ1v) is 11.6. The van der Waals surface area contributed by atoms with Crippen LogP contribution in [-0.4, -0.2) is 52.9 Å². The van der Waals surface area contributed by atoms with Gasteiger partial charge >= 0.3 is 0 Å². The molecule has 4 rings (SSSR count). The Kier molecular flexibility index (Phi) is 8.16. The van der Waals surface area contributed by atoms with E-state index in [2.05, 4.69) is 20.6 Å². The molecule has 1 aliphatic rings. The van der Waals surface area contributed by atoms with E-state index in [4.69, 9.17) is 11.6 Å². The SMILES string of the molecule is CN(C)Cc1cnc(C(=O)N[C@@H]2CCCC[C@@H]2NC(=O)c2cc3cc(Cl)ccc3[nH]2)s1.Cl. The van der Waals surface area contributed by atoms with Gasteiger partial charge in [0.2, 0.25) is 0 Å². The van der Waals surface area contributed by atoms with E-state index in [-0.39, 0.29) is 36.3 Å². The molecule has 3 aromatic rings. The summed E-state index contributed by atoms with van der Waals surface area (Å²) in [4.78, 5) is 36.1. The fourth-order valence-corrected chi connectivity index (χ4v) is 5.09. The summed E-state index contributed by atoms with van der Waals surface area (Å²) in [5.41, 5.74) is 1.35. The molecule has 2 heterocycles. The minimum Gasteiger partial charge on any atom is -0.351 e. The molecule has 2 amide bonds. The lowest BCUT2D eigenvalue weighted by molar-refractivity contribution is 0.0860. The van der Waals surface area contributed by atoms with Crippen molar-refractivity contribution < 1.29 is 9.59 Å². The van der Waals surface area contributed by atoms with Crippen LogP contribution in [0.2, 0.25) is 5.02 Å². The van der Waals surface area contributed by atoms with Crippen LogP contribution in [0.1, 0.15) is 50.9 Å². The van der Waals surface area contributed by atoms with Crippen molar-refractivity contribution in [2.24, 2.45) is 0 Å². The molecular weight excluding hydrogens is 469 g/mol. The van der Waals surface area contributed by atoms with Crippen LogP contribution < -0.4 is 10.6 Å². The molecule has 1 fully saturated rings. The van der Waals surface area contributed by atoms with Crippen molar-refractivity contribution in [2.45, 2.75) is 44.3 Å². The first-order chi connectivity index (χ1) is 14.9. The van der Waals surface area contributed by atoms with E-state index in [1.165, 1.54) is 11.3 Å². The summed E-state index contributed by atoms with van der Waals surface area (Å²) in [5, 5.41) is 8.18. The number of aromatic amines is 1. The lowest BCUT2D eigenvalue weighted by atomic mass is 9.90. The predicted octanol–water partition coefficient (Wildman–Crippen LogP) is 4.23. The van der Waals surface area contributed by atoms with E-state index in [1.54, 1.807) is 18.3 Å². The Labute approximate surface area is 202 Å². The lowest BCUT2D eigenvalue weighted by Crippen LogP contribution is -2.53. The first kappa shape index (κ1) is 24.5. The quantitative estimate of drug-likeness (QED) is 0.477. The van der Waals surface area contributed by atoms with Crippen LogP contribution >= 0.6 is 35.3 Å². The highest BCUT2D eigenvalue weighted by molar-refractivity contribution is 7.13. The molecule has 0 unspecified atom stereocenters. The standard InChI is InChI=1S/C22H26ClN5O2S.ClH/c1-28(2)12-15-11-24-22(31-15)21(30)27-18-6-4-3-5-17(18)26-20(29)19-10-13-9-14(23)7-8-16(13)25-19;/h7-11,17-18,25H,3-6,12H2,1-2H3,(H,26,29)(H,27,30);1H/t17-,18+;/m0./s1. The lowest BCUT2D eigenvalue weighted by Gasteiger charge is -2.32. The van der Waals surface area contributed by atoms with Crippen molar-refractivity contribution in [3.63, 3.8) is 0 Å². The van der Waals surface area contributed by atoms with Gasteiger partial charge in [-0.3, -0.25) is 9.59 Å². The van der Waals surface area contributed by atoms with Crippen LogP contribution in [-0.2, 0) is 6.54 Å². The monoisotopic (exact) mass is 495 g/mol. The Bertz CT molecular complexity index is 1100. The van der Waals surface area contributed by atoms with Crippen molar-refractivity contribution in [3.05, 3.63) is 51.1 Å². The Morgan fingerprint density at radius 3 is 2.53 bits per heavy atom. The van der Waals surface area contributed by atoms with Gasteiger partial charge in [-0.2, -0.15) is 0 Å². The molecule has 0 bridgehead atoms. The molecule has 172 valence electrons. The van der Waals surface area contributed by atoms with Crippen LogP contribution in [0.15, 0.2) is 30.5 Å². The second-order valence-electron chi connectivity index (χ2n) is 8.23. The smallest absolute Gasteiger partial charge is 0.280 e. The molecule has 0 spiro atoms. The van der Waals surface area contributed by atoms with Crippen LogP contribution in [0.3, 0.4) is 0 Å². The van der Waals surface area contributed by atoms with E-state index >= 15 is 0 Å². The number of halogens is 2. The van der Waals surface area contributed by atoms with Crippen LogP contribution in [0.25, 0.3) is 10.9 Å². The summed E-state index contributed by atoms with van der Waals surface area (Å²) >= 11 is 7.45. The number of hydrogen-bond donors (Lipinski definition) is 3. The fraction of sp³-hybridized carbons (Fsp3) is 0.409. The number of carbonyl (C=O) groups is 2. The van der Waals surface area contributed by atoms with Crippen LogP contribution in [0.4, 0.5) is 0 Å². The minimum atomic E-state index is -0.180. The second kappa shape index (κ2) is 10.7. The molecule has 1 aromatic carbocycles. The number of benzene rings is 1. The topological polar surface area (TPSA) is 90.1 Å². The number of nitrogens with one attached hydrogen (secondary N) is 3. The molecule has 2 aromatic heterocycles. The van der Waals surface area contributed by atoms with Gasteiger partial charge in [-0.25, -0.2) is 4.98 Å². The van der Waals surface area contributed by atoms with E-state index in [1.807, 2.05) is 31.1 Å². The number of fused-ring (bicyclic) bond motifs is 1. The highest BCUT2D eigenvalue weighted by atomic mass is 35.5. The Morgan fingerprint density at radius 2 is 1.84 bits per heavy atom. The molecule has 7 nitrogen and oxygen atoms in total. The van der Waals surface area contributed by atoms with Crippen LogP contribution in [0, 0.1) is 0 Å². The number of carbonyl (C=O) groups excluding carboxylic acids is 2. The van der Waals surface area contributed by atoms with Gasteiger partial charge in [0.05, 0.1) is 0 Å². The van der Waals surface area contributed by atoms with Crippen molar-refractivity contribution in [1.82, 2.24) is 25.5 Å².